The highest BCUT2D eigenvalue weighted by Crippen LogP contribution is 2.01. The van der Waals surface area contributed by atoms with Crippen LogP contribution in [0.25, 0.3) is 0 Å². The third-order valence-electron chi connectivity index (χ3n) is 1.58. The Bertz CT molecular complexity index is 179. The van der Waals surface area contributed by atoms with Crippen LogP contribution in [0.2, 0.25) is 0 Å². The molecule has 12 heavy (non-hydrogen) atoms. The third-order valence-corrected chi connectivity index (χ3v) is 1.58. The Balaban J connectivity index is 4.11. The Morgan fingerprint density at radius 3 is 2.50 bits per heavy atom. The van der Waals surface area contributed by atoms with Crippen molar-refractivity contribution in [3.63, 3.8) is 0 Å². The van der Waals surface area contributed by atoms with Gasteiger partial charge in [0, 0.05) is 12.5 Å². The van der Waals surface area contributed by atoms with Crippen molar-refractivity contribution in [2.24, 2.45) is 5.92 Å². The van der Waals surface area contributed by atoms with E-state index in [1.807, 2.05) is 20.8 Å². The van der Waals surface area contributed by atoms with Crippen molar-refractivity contribution in [1.29, 1.82) is 0 Å². The van der Waals surface area contributed by atoms with E-state index in [1.165, 1.54) is 0 Å². The summed E-state index contributed by atoms with van der Waals surface area (Å²) in [5, 5.41) is 0. The Morgan fingerprint density at radius 2 is 2.17 bits per heavy atom. The van der Waals surface area contributed by atoms with Crippen molar-refractivity contribution in [3.8, 4) is 12.3 Å². The van der Waals surface area contributed by atoms with E-state index in [0.717, 1.165) is 13.0 Å². The van der Waals surface area contributed by atoms with Crippen LogP contribution < -0.4 is 0 Å². The number of hydrogen-bond donors (Lipinski definition) is 0. The molecular formula is C10H17NO. The zero-order chi connectivity index (χ0) is 9.56. The number of hydrogen-bond acceptors (Lipinski definition) is 1. The fourth-order valence-corrected chi connectivity index (χ4v) is 1.01. The van der Waals surface area contributed by atoms with Gasteiger partial charge in [-0.15, -0.1) is 6.42 Å². The molecule has 0 atom stereocenters. The molecule has 0 spiro atoms. The van der Waals surface area contributed by atoms with Crippen LogP contribution >= 0.6 is 0 Å². The number of nitrogens with zero attached hydrogens (tertiary/aromatic N) is 1. The minimum absolute atomic E-state index is 0.0462. The van der Waals surface area contributed by atoms with Crippen LogP contribution in [0.1, 0.15) is 27.2 Å². The summed E-state index contributed by atoms with van der Waals surface area (Å²) in [6, 6.07) is 0. The minimum atomic E-state index is 0.0462. The number of carbonyl (C=O) groups is 1. The van der Waals surface area contributed by atoms with Crippen LogP contribution in [0.15, 0.2) is 0 Å². The normalized spacial score (nSPS) is 9.58. The lowest BCUT2D eigenvalue weighted by Gasteiger charge is -2.21. The summed E-state index contributed by atoms with van der Waals surface area (Å²) in [6.07, 6.45) is 6.11. The molecule has 0 saturated heterocycles. The molecule has 0 aromatic rings. The molecule has 68 valence electrons. The van der Waals surface area contributed by atoms with E-state index in [9.17, 15) is 4.79 Å². The van der Waals surface area contributed by atoms with E-state index < -0.39 is 0 Å². The second-order valence-corrected chi connectivity index (χ2v) is 3.12. The highest BCUT2D eigenvalue weighted by atomic mass is 16.2. The summed E-state index contributed by atoms with van der Waals surface area (Å²) in [7, 11) is 0. The lowest BCUT2D eigenvalue weighted by atomic mass is 10.2. The predicted molar refractivity (Wildman–Crippen MR) is 50.5 cm³/mol. The molecule has 0 aliphatic rings. The van der Waals surface area contributed by atoms with Crippen molar-refractivity contribution in [1.82, 2.24) is 4.90 Å². The summed E-state index contributed by atoms with van der Waals surface area (Å²) < 4.78 is 0. The number of terminal acetylenes is 1. The van der Waals surface area contributed by atoms with Gasteiger partial charge in [0.2, 0.25) is 5.91 Å². The van der Waals surface area contributed by atoms with Gasteiger partial charge in [-0.1, -0.05) is 26.7 Å². The quantitative estimate of drug-likeness (QED) is 0.581. The van der Waals surface area contributed by atoms with Gasteiger partial charge in [0.15, 0.2) is 0 Å². The van der Waals surface area contributed by atoms with Gasteiger partial charge in [-0.05, 0) is 6.42 Å². The maximum atomic E-state index is 11.5. The molecule has 2 heteroatoms. The Hall–Kier alpha value is -0.970. The van der Waals surface area contributed by atoms with E-state index in [0.29, 0.717) is 6.54 Å². The van der Waals surface area contributed by atoms with Crippen LogP contribution in [-0.4, -0.2) is 23.9 Å². The molecule has 0 heterocycles. The largest absolute Gasteiger partial charge is 0.331 e. The van der Waals surface area contributed by atoms with E-state index in [2.05, 4.69) is 5.92 Å². The van der Waals surface area contributed by atoms with Crippen molar-refractivity contribution in [2.45, 2.75) is 27.2 Å². The number of rotatable bonds is 4. The lowest BCUT2D eigenvalue weighted by Crippen LogP contribution is -2.35. The first-order valence-corrected chi connectivity index (χ1v) is 4.35. The van der Waals surface area contributed by atoms with E-state index in [-0.39, 0.29) is 11.8 Å². The highest BCUT2D eigenvalue weighted by Gasteiger charge is 2.14. The second kappa shape index (κ2) is 5.65. The molecule has 0 bridgehead atoms. The van der Waals surface area contributed by atoms with E-state index in [1.54, 1.807) is 4.90 Å². The molecule has 0 N–H and O–H groups in total. The SMILES string of the molecule is C#CCN(CCC)C(=O)C(C)C. The van der Waals surface area contributed by atoms with Crippen molar-refractivity contribution in [3.05, 3.63) is 0 Å². The van der Waals surface area contributed by atoms with Crippen LogP contribution in [-0.2, 0) is 4.79 Å². The van der Waals surface area contributed by atoms with Crippen molar-refractivity contribution < 1.29 is 4.79 Å². The minimum Gasteiger partial charge on any atom is -0.331 e. The molecule has 1 amide bonds. The zero-order valence-electron chi connectivity index (χ0n) is 8.13. The van der Waals surface area contributed by atoms with Gasteiger partial charge in [0.25, 0.3) is 0 Å². The van der Waals surface area contributed by atoms with Gasteiger partial charge in [0.05, 0.1) is 6.54 Å². The highest BCUT2D eigenvalue weighted by molar-refractivity contribution is 5.78. The molecule has 0 rings (SSSR count). The van der Waals surface area contributed by atoms with Gasteiger partial charge < -0.3 is 4.90 Å². The third kappa shape index (κ3) is 3.43. The molecule has 2 nitrogen and oxygen atoms in total. The Kier molecular flexibility index (Phi) is 5.19. The van der Waals surface area contributed by atoms with Crippen LogP contribution in [0.3, 0.4) is 0 Å². The molecule has 0 unspecified atom stereocenters. The monoisotopic (exact) mass is 167 g/mol. The average Bonchev–Trinajstić information content (AvgIpc) is 2.03. The van der Waals surface area contributed by atoms with Gasteiger partial charge in [0.1, 0.15) is 0 Å². The zero-order valence-corrected chi connectivity index (χ0v) is 8.13. The van der Waals surface area contributed by atoms with Crippen LogP contribution in [0.5, 0.6) is 0 Å². The number of amides is 1. The smallest absolute Gasteiger partial charge is 0.225 e. The molecule has 0 fully saturated rings. The Morgan fingerprint density at radius 1 is 1.58 bits per heavy atom. The first-order valence-electron chi connectivity index (χ1n) is 4.35. The Labute approximate surface area is 74.9 Å². The number of carbonyl (C=O) groups excluding carboxylic acids is 1. The fourth-order valence-electron chi connectivity index (χ4n) is 1.01. The average molecular weight is 167 g/mol. The van der Waals surface area contributed by atoms with Gasteiger partial charge >= 0.3 is 0 Å². The maximum Gasteiger partial charge on any atom is 0.225 e. The first kappa shape index (κ1) is 11.0. The summed E-state index contributed by atoms with van der Waals surface area (Å²) in [4.78, 5) is 13.2. The molecule has 0 saturated carbocycles. The van der Waals surface area contributed by atoms with E-state index >= 15 is 0 Å². The van der Waals surface area contributed by atoms with Crippen LogP contribution in [0, 0.1) is 18.3 Å². The summed E-state index contributed by atoms with van der Waals surface area (Å²) >= 11 is 0. The van der Waals surface area contributed by atoms with Gasteiger partial charge in [-0.25, -0.2) is 0 Å². The topological polar surface area (TPSA) is 20.3 Å². The van der Waals surface area contributed by atoms with Crippen LogP contribution in [0.4, 0.5) is 0 Å². The maximum absolute atomic E-state index is 11.5. The first-order chi connectivity index (χ1) is 5.63. The molecular weight excluding hydrogens is 150 g/mol. The summed E-state index contributed by atoms with van der Waals surface area (Å²) in [6.45, 7) is 7.02. The lowest BCUT2D eigenvalue weighted by molar-refractivity contribution is -0.133. The van der Waals surface area contributed by atoms with Crippen molar-refractivity contribution in [2.75, 3.05) is 13.1 Å². The van der Waals surface area contributed by atoms with Gasteiger partial charge in [-0.3, -0.25) is 4.79 Å². The molecule has 0 aromatic carbocycles. The van der Waals surface area contributed by atoms with Gasteiger partial charge in [-0.2, -0.15) is 0 Å². The van der Waals surface area contributed by atoms with Crippen molar-refractivity contribution >= 4 is 5.91 Å². The predicted octanol–water partition coefficient (Wildman–Crippen LogP) is 1.51. The molecule has 0 aliphatic carbocycles. The standard InChI is InChI=1S/C10H17NO/c1-5-7-11(8-6-2)10(12)9(3)4/h1,9H,6-8H2,2-4H3. The molecule has 0 aliphatic heterocycles. The molecule has 0 radical (unpaired) electrons. The fraction of sp³-hybridized carbons (Fsp3) is 0.700. The summed E-state index contributed by atoms with van der Waals surface area (Å²) in [5.74, 6) is 2.69. The second-order valence-electron chi connectivity index (χ2n) is 3.12. The summed E-state index contributed by atoms with van der Waals surface area (Å²) in [5.41, 5.74) is 0. The molecule has 0 aromatic heterocycles. The van der Waals surface area contributed by atoms with E-state index in [4.69, 9.17) is 6.42 Å².